The van der Waals surface area contributed by atoms with Crippen LogP contribution in [0.4, 0.5) is 8.78 Å². The van der Waals surface area contributed by atoms with E-state index in [0.717, 1.165) is 11.5 Å². The number of hydrogen-bond acceptors (Lipinski definition) is 1. The van der Waals surface area contributed by atoms with Gasteiger partial charge in [0.2, 0.25) is 5.82 Å². The largest absolute Gasteiger partial charge is 0.491 e. The molecule has 3 aromatic carbocycles. The van der Waals surface area contributed by atoms with Crippen molar-refractivity contribution in [2.75, 3.05) is 6.61 Å². The van der Waals surface area contributed by atoms with E-state index in [9.17, 15) is 8.78 Å². The van der Waals surface area contributed by atoms with Gasteiger partial charge in [0, 0.05) is 11.3 Å². The average molecular weight is 435 g/mol. The minimum atomic E-state index is -0.919. The third-order valence-electron chi connectivity index (χ3n) is 6.95. The van der Waals surface area contributed by atoms with E-state index >= 15 is 0 Å². The molecule has 0 bridgehead atoms. The molecule has 168 valence electrons. The predicted molar refractivity (Wildman–Crippen MR) is 129 cm³/mol. The fourth-order valence-electron chi connectivity index (χ4n) is 5.02. The van der Waals surface area contributed by atoms with Crippen molar-refractivity contribution in [1.29, 1.82) is 0 Å². The third-order valence-corrected chi connectivity index (χ3v) is 6.95. The molecule has 3 aromatic rings. The second kappa shape index (κ2) is 9.85. The Morgan fingerprint density at radius 3 is 2.28 bits per heavy atom. The first-order chi connectivity index (χ1) is 15.5. The molecule has 1 aliphatic rings. The van der Waals surface area contributed by atoms with Gasteiger partial charge in [-0.25, -0.2) is 4.39 Å². The van der Waals surface area contributed by atoms with E-state index in [2.05, 4.69) is 50.3 Å². The fourth-order valence-corrected chi connectivity index (χ4v) is 5.02. The molecule has 0 heterocycles. The first-order valence-corrected chi connectivity index (χ1v) is 11.8. The van der Waals surface area contributed by atoms with Gasteiger partial charge in [-0.3, -0.25) is 0 Å². The van der Waals surface area contributed by atoms with Gasteiger partial charge in [-0.05, 0) is 85.6 Å². The zero-order valence-corrected chi connectivity index (χ0v) is 19.2. The van der Waals surface area contributed by atoms with E-state index in [1.165, 1.54) is 36.8 Å². The van der Waals surface area contributed by atoms with Crippen molar-refractivity contribution < 1.29 is 13.5 Å². The molecule has 0 saturated heterocycles. The number of allylic oxidation sites excluding steroid dienone is 2. The first kappa shape index (κ1) is 22.5. The van der Waals surface area contributed by atoms with Gasteiger partial charge in [0.1, 0.15) is 0 Å². The Kier molecular flexibility index (Phi) is 6.93. The molecule has 32 heavy (non-hydrogen) atoms. The van der Waals surface area contributed by atoms with Crippen molar-refractivity contribution in [3.05, 3.63) is 89.0 Å². The van der Waals surface area contributed by atoms with E-state index in [1.54, 1.807) is 19.1 Å². The number of hydrogen-bond donors (Lipinski definition) is 0. The molecule has 3 heteroatoms. The summed E-state index contributed by atoms with van der Waals surface area (Å²) >= 11 is 0. The maximum absolute atomic E-state index is 14.7. The van der Waals surface area contributed by atoms with Crippen LogP contribution in [0, 0.1) is 17.6 Å². The second-order valence-electron chi connectivity index (χ2n) is 8.94. The molecular formula is C29H32F2O. The maximum Gasteiger partial charge on any atom is 0.201 e. The Hall–Kier alpha value is -2.68. The highest BCUT2D eigenvalue weighted by molar-refractivity contribution is 5.85. The van der Waals surface area contributed by atoms with Crippen molar-refractivity contribution in [3.8, 4) is 5.75 Å². The van der Waals surface area contributed by atoms with Gasteiger partial charge < -0.3 is 4.74 Å². The second-order valence-corrected chi connectivity index (χ2v) is 8.94. The van der Waals surface area contributed by atoms with Crippen molar-refractivity contribution in [3.63, 3.8) is 0 Å². The number of fused-ring (bicyclic) bond motifs is 1. The molecule has 1 saturated carbocycles. The number of benzene rings is 3. The molecule has 1 fully saturated rings. The van der Waals surface area contributed by atoms with E-state index in [-0.39, 0.29) is 11.7 Å². The summed E-state index contributed by atoms with van der Waals surface area (Å²) in [4.78, 5) is 0. The predicted octanol–water partition coefficient (Wildman–Crippen LogP) is 8.52. The van der Waals surface area contributed by atoms with E-state index in [4.69, 9.17) is 4.74 Å². The molecular weight excluding hydrogens is 402 g/mol. The van der Waals surface area contributed by atoms with Crippen molar-refractivity contribution in [1.82, 2.24) is 0 Å². The topological polar surface area (TPSA) is 9.23 Å². The molecule has 0 amide bonds. The van der Waals surface area contributed by atoms with Gasteiger partial charge in [0.15, 0.2) is 11.6 Å². The smallest absolute Gasteiger partial charge is 0.201 e. The van der Waals surface area contributed by atoms with E-state index < -0.39 is 11.6 Å². The SMILES string of the molecule is C/C=C/C1CCC(c2ccc(C(C)c3ccc4cc(OCC)c(F)c(F)c4c3)cc2)CC1. The van der Waals surface area contributed by atoms with Crippen molar-refractivity contribution in [2.45, 2.75) is 58.3 Å². The Morgan fingerprint density at radius 1 is 0.938 bits per heavy atom. The normalized spacial score (nSPS) is 20.0. The molecule has 0 aromatic heterocycles. The van der Waals surface area contributed by atoms with Gasteiger partial charge in [-0.15, -0.1) is 0 Å². The van der Waals surface area contributed by atoms with Gasteiger partial charge in [0.25, 0.3) is 0 Å². The summed E-state index contributed by atoms with van der Waals surface area (Å²) in [6, 6.07) is 16.1. The summed E-state index contributed by atoms with van der Waals surface area (Å²) in [7, 11) is 0. The lowest BCUT2D eigenvalue weighted by atomic mass is 9.78. The summed E-state index contributed by atoms with van der Waals surface area (Å²) in [5, 5.41) is 0.942. The number of ether oxygens (including phenoxy) is 1. The van der Waals surface area contributed by atoms with Crippen LogP contribution in [-0.4, -0.2) is 6.61 Å². The highest BCUT2D eigenvalue weighted by Gasteiger charge is 2.21. The molecule has 0 N–H and O–H groups in total. The van der Waals surface area contributed by atoms with E-state index in [0.29, 0.717) is 23.3 Å². The molecule has 4 rings (SSSR count). The summed E-state index contributed by atoms with van der Waals surface area (Å²) in [6.45, 7) is 6.27. The minimum Gasteiger partial charge on any atom is -0.491 e. The van der Waals surface area contributed by atoms with Crippen molar-refractivity contribution in [2.24, 2.45) is 5.92 Å². The fraction of sp³-hybridized carbons (Fsp3) is 0.379. The zero-order chi connectivity index (χ0) is 22.7. The maximum atomic E-state index is 14.7. The Morgan fingerprint density at radius 2 is 1.62 bits per heavy atom. The lowest BCUT2D eigenvalue weighted by Gasteiger charge is -2.27. The van der Waals surface area contributed by atoms with Gasteiger partial charge in [-0.1, -0.05) is 55.5 Å². The Balaban J connectivity index is 1.53. The highest BCUT2D eigenvalue weighted by Crippen LogP contribution is 2.37. The van der Waals surface area contributed by atoms with Gasteiger partial charge >= 0.3 is 0 Å². The molecule has 0 aliphatic heterocycles. The molecule has 1 unspecified atom stereocenters. The van der Waals surface area contributed by atoms with E-state index in [1.807, 2.05) is 12.1 Å². The molecule has 1 atom stereocenters. The summed E-state index contributed by atoms with van der Waals surface area (Å²) in [6.07, 6.45) is 9.52. The van der Waals surface area contributed by atoms with Gasteiger partial charge in [0.05, 0.1) is 6.61 Å². The van der Waals surface area contributed by atoms with Crippen LogP contribution in [0.25, 0.3) is 10.8 Å². The van der Waals surface area contributed by atoms with Crippen LogP contribution in [0.2, 0.25) is 0 Å². The van der Waals surface area contributed by atoms with Crippen LogP contribution in [0.3, 0.4) is 0 Å². The minimum absolute atomic E-state index is 0.0337. The van der Waals surface area contributed by atoms with Crippen molar-refractivity contribution >= 4 is 10.8 Å². The summed E-state index contributed by atoms with van der Waals surface area (Å²) in [5.74, 6) is -0.334. The van der Waals surface area contributed by atoms with Crippen LogP contribution in [0.5, 0.6) is 5.75 Å². The van der Waals surface area contributed by atoms with Crippen LogP contribution in [0.1, 0.15) is 75.0 Å². The molecule has 1 nitrogen and oxygen atoms in total. The molecule has 0 spiro atoms. The van der Waals surface area contributed by atoms with Crippen LogP contribution < -0.4 is 4.74 Å². The standard InChI is InChI=1S/C29H32F2O/c1-4-6-20-7-9-22(10-8-20)23-13-11-21(12-14-23)19(3)24-15-16-25-18-27(32-5-2)29(31)28(30)26(25)17-24/h4,6,11-20,22H,5,7-10H2,1-3H3/b6-4+. The van der Waals surface area contributed by atoms with Crippen LogP contribution in [0.15, 0.2) is 60.7 Å². The average Bonchev–Trinajstić information content (AvgIpc) is 2.83. The molecule has 0 radical (unpaired) electrons. The highest BCUT2D eigenvalue weighted by atomic mass is 19.2. The number of rotatable bonds is 6. The Labute approximate surface area is 190 Å². The monoisotopic (exact) mass is 434 g/mol. The summed E-state index contributed by atoms with van der Waals surface area (Å²) < 4.78 is 34.3. The van der Waals surface area contributed by atoms with Gasteiger partial charge in [-0.2, -0.15) is 4.39 Å². The third kappa shape index (κ3) is 4.57. The lowest BCUT2D eigenvalue weighted by molar-refractivity contribution is 0.315. The Bertz CT molecular complexity index is 1090. The lowest BCUT2D eigenvalue weighted by Crippen LogP contribution is -2.11. The van der Waals surface area contributed by atoms with Crippen LogP contribution >= 0.6 is 0 Å². The molecule has 1 aliphatic carbocycles. The number of halogens is 2. The zero-order valence-electron chi connectivity index (χ0n) is 19.2. The first-order valence-electron chi connectivity index (χ1n) is 11.8. The van der Waals surface area contributed by atoms with Crippen LogP contribution in [-0.2, 0) is 0 Å². The quantitative estimate of drug-likeness (QED) is 0.353. The summed E-state index contributed by atoms with van der Waals surface area (Å²) in [5.41, 5.74) is 3.57.